The summed E-state index contributed by atoms with van der Waals surface area (Å²) >= 11 is 11.6. The second-order valence-electron chi connectivity index (χ2n) is 22.9. The highest BCUT2D eigenvalue weighted by atomic mass is 35.5. The summed E-state index contributed by atoms with van der Waals surface area (Å²) in [6.07, 6.45) is -4.78. The summed E-state index contributed by atoms with van der Waals surface area (Å²) < 4.78 is 107. The quantitative estimate of drug-likeness (QED) is 0.0341. The van der Waals surface area contributed by atoms with Gasteiger partial charge in [0.25, 0.3) is 17.7 Å². The number of aliphatic hydroxyl groups excluding tert-OH is 6. The average molecular weight is 1500 g/mol. The van der Waals surface area contributed by atoms with E-state index in [2.05, 4.69) is 54.4 Å². The van der Waals surface area contributed by atoms with Crippen molar-refractivity contribution in [1.82, 2.24) is 76.9 Å². The van der Waals surface area contributed by atoms with Crippen LogP contribution in [0.1, 0.15) is 62.6 Å². The number of rotatable bonds is 20. The van der Waals surface area contributed by atoms with Gasteiger partial charge in [-0.1, -0.05) is 41.4 Å². The SMILES string of the molecule is Nc1c(Cl)cccc1C(=O)NS(=O)(=O)NC[C@H]1O[C@@H](n2cnc3c(N)ccnc32)[C@H](O)[C@@H]1O.Nc1cc(Cl)ccc1C(=O)NS(=O)(=O)NC[C@H]1O[C@@H](n2cnc3c(N)ccnc32)[C@H](O)[C@@H]1O.Nc1ccccc1C(=O)NS(=O)(=O)NC[C@H]1O[C@@H](n2cnc3c(NC4CC4)ncnc32)[C@H](O)[C@@H]1O. The summed E-state index contributed by atoms with van der Waals surface area (Å²) in [5.41, 5.74) is 31.7. The fourth-order valence-electron chi connectivity index (χ4n) is 10.6. The molecule has 4 aliphatic rings. The number of aliphatic hydroxyl groups is 6. The van der Waals surface area contributed by atoms with E-state index in [4.69, 9.17) is 66.1 Å². The smallest absolute Gasteiger partial charge is 0.301 e. The van der Waals surface area contributed by atoms with Crippen LogP contribution in [0.15, 0.2) is 110 Å². The number of anilines is 6. The molecule has 0 unspecified atom stereocenters. The molecule has 0 bridgehead atoms. The topological polar surface area (TPSA) is 622 Å². The molecule has 9 aromatic rings. The summed E-state index contributed by atoms with van der Waals surface area (Å²) in [7, 11) is -13.0. The molecule has 0 radical (unpaired) electrons. The molecule has 4 fully saturated rings. The molecule has 3 aromatic carbocycles. The van der Waals surface area contributed by atoms with Crippen LogP contribution in [0.25, 0.3) is 33.5 Å². The van der Waals surface area contributed by atoms with Crippen molar-refractivity contribution in [1.29, 1.82) is 0 Å². The van der Waals surface area contributed by atoms with Crippen molar-refractivity contribution in [3.8, 4) is 0 Å². The first-order chi connectivity index (χ1) is 47.9. The number of imidazole rings is 3. The molecular weight excluding hydrogens is 1440 g/mol. The summed E-state index contributed by atoms with van der Waals surface area (Å²) in [4.78, 5) is 66.1. The van der Waals surface area contributed by atoms with Crippen molar-refractivity contribution < 1.29 is 84.5 Å². The number of halogens is 2. The van der Waals surface area contributed by atoms with E-state index >= 15 is 0 Å². The number of carbonyl (C=O) groups is 3. The molecule has 40 nitrogen and oxygen atoms in total. The highest BCUT2D eigenvalue weighted by Gasteiger charge is 2.47. The van der Waals surface area contributed by atoms with Gasteiger partial charge >= 0.3 is 30.6 Å². The molecule has 9 heterocycles. The van der Waals surface area contributed by atoms with E-state index in [1.165, 1.54) is 99.9 Å². The number of benzene rings is 3. The van der Waals surface area contributed by atoms with Crippen LogP contribution in [0.3, 0.4) is 0 Å². The van der Waals surface area contributed by atoms with Crippen molar-refractivity contribution >= 4 is 139 Å². The van der Waals surface area contributed by atoms with E-state index in [1.807, 2.05) is 9.44 Å². The van der Waals surface area contributed by atoms with Crippen LogP contribution in [-0.2, 0) is 44.8 Å². The zero-order valence-electron chi connectivity index (χ0n) is 51.9. The molecule has 101 heavy (non-hydrogen) atoms. The second-order valence-corrected chi connectivity index (χ2v) is 28.3. The van der Waals surface area contributed by atoms with Crippen LogP contribution >= 0.6 is 23.2 Å². The number of nitrogen functional groups attached to an aromatic ring is 5. The number of hydrogen-bond acceptors (Lipinski definition) is 31. The molecule has 3 saturated heterocycles. The van der Waals surface area contributed by atoms with Crippen LogP contribution < -0.4 is 62.3 Å². The lowest BCUT2D eigenvalue weighted by Gasteiger charge is -2.17. The van der Waals surface area contributed by atoms with Crippen molar-refractivity contribution in [2.45, 2.75) is 92.5 Å². The van der Waals surface area contributed by atoms with E-state index in [9.17, 15) is 70.3 Å². The van der Waals surface area contributed by atoms with Gasteiger partial charge in [0, 0.05) is 54.5 Å². The van der Waals surface area contributed by atoms with Gasteiger partial charge in [-0.05, 0) is 67.4 Å². The Kier molecular flexibility index (Phi) is 21.4. The Balaban J connectivity index is 0.000000153. The molecule has 1 aliphatic carbocycles. The van der Waals surface area contributed by atoms with Crippen molar-refractivity contribution in [3.05, 3.63) is 137 Å². The van der Waals surface area contributed by atoms with E-state index < -0.39 is 142 Å². The molecule has 3 amide bonds. The maximum Gasteiger partial charge on any atom is 0.301 e. The lowest BCUT2D eigenvalue weighted by Crippen LogP contribution is -2.45. The lowest BCUT2D eigenvalue weighted by molar-refractivity contribution is -0.0330. The third-order valence-corrected chi connectivity index (χ3v) is 19.5. The number of nitrogens with two attached hydrogens (primary N) is 5. The Morgan fingerprint density at radius 3 is 1.34 bits per heavy atom. The zero-order chi connectivity index (χ0) is 72.6. The van der Waals surface area contributed by atoms with Crippen molar-refractivity contribution in [3.63, 3.8) is 0 Å². The van der Waals surface area contributed by atoms with Gasteiger partial charge in [-0.15, -0.1) is 0 Å². The summed E-state index contributed by atoms with van der Waals surface area (Å²) in [6, 6.07) is 17.7. The molecular formula is C56H64Cl2N22O18S3. The highest BCUT2D eigenvalue weighted by molar-refractivity contribution is 7.88. The molecule has 538 valence electrons. The number of hydrogen-bond donors (Lipinski definition) is 18. The molecule has 1 saturated carbocycles. The van der Waals surface area contributed by atoms with Crippen molar-refractivity contribution in [2.75, 3.05) is 53.6 Å². The van der Waals surface area contributed by atoms with Gasteiger partial charge < -0.3 is 78.8 Å². The van der Waals surface area contributed by atoms with E-state index in [-0.39, 0.29) is 43.8 Å². The van der Waals surface area contributed by atoms with E-state index in [1.54, 1.807) is 29.0 Å². The number of para-hydroxylation sites is 2. The van der Waals surface area contributed by atoms with Crippen LogP contribution in [0, 0.1) is 0 Å². The molecule has 12 atom stereocenters. The number of nitrogens with one attached hydrogen (secondary N) is 7. The normalized spacial score (nSPS) is 23.6. The van der Waals surface area contributed by atoms with Crippen molar-refractivity contribution in [2.24, 2.45) is 0 Å². The molecule has 23 N–H and O–H groups in total. The predicted molar refractivity (Wildman–Crippen MR) is 359 cm³/mol. The Bertz CT molecular complexity index is 4960. The van der Waals surface area contributed by atoms with Gasteiger partial charge in [-0.25, -0.2) is 49.1 Å². The minimum absolute atomic E-state index is 0.00230. The fraction of sp³-hybridized carbons (Fsp3) is 0.321. The van der Waals surface area contributed by atoms with E-state index in [0.717, 1.165) is 12.8 Å². The van der Waals surface area contributed by atoms with Crippen LogP contribution in [0.5, 0.6) is 0 Å². The molecule has 3 aliphatic heterocycles. The zero-order valence-corrected chi connectivity index (χ0v) is 55.8. The van der Waals surface area contributed by atoms with E-state index in [0.29, 0.717) is 56.7 Å². The van der Waals surface area contributed by atoms with Gasteiger partial charge in [0.2, 0.25) is 0 Å². The summed E-state index contributed by atoms with van der Waals surface area (Å²) in [5.74, 6) is -2.33. The monoisotopic (exact) mass is 1500 g/mol. The highest BCUT2D eigenvalue weighted by Crippen LogP contribution is 2.36. The summed E-state index contributed by atoms with van der Waals surface area (Å²) in [5, 5.41) is 66.4. The Morgan fingerprint density at radius 2 is 0.891 bits per heavy atom. The number of carbonyl (C=O) groups excluding carboxylic acids is 3. The summed E-state index contributed by atoms with van der Waals surface area (Å²) in [6.45, 7) is -1.32. The average Bonchev–Trinajstić information content (AvgIpc) is 1.63. The number of amides is 3. The molecule has 13 rings (SSSR count). The maximum atomic E-state index is 12.4. The minimum Gasteiger partial charge on any atom is -0.398 e. The van der Waals surface area contributed by atoms with Gasteiger partial charge in [-0.3, -0.25) is 28.1 Å². The number of nitrogens with zero attached hydrogens (tertiary/aromatic N) is 10. The Morgan fingerprint density at radius 1 is 0.475 bits per heavy atom. The number of fused-ring (bicyclic) bond motifs is 3. The third-order valence-electron chi connectivity index (χ3n) is 16.0. The first kappa shape index (κ1) is 72.8. The number of aromatic nitrogens is 10. The Hall–Kier alpha value is -9.39. The van der Waals surface area contributed by atoms with Gasteiger partial charge in [0.05, 0.1) is 57.8 Å². The number of pyridine rings is 2. The molecule has 45 heteroatoms. The first-order valence-corrected chi connectivity index (χ1v) is 35.1. The van der Waals surface area contributed by atoms with Crippen LogP contribution in [-0.4, -0.2) is 203 Å². The predicted octanol–water partition coefficient (Wildman–Crippen LogP) is -2.87. The largest absolute Gasteiger partial charge is 0.398 e. The molecule has 0 spiro atoms. The lowest BCUT2D eigenvalue weighted by atomic mass is 10.1. The first-order valence-electron chi connectivity index (χ1n) is 29.9. The standard InChI is InChI=1S/C20H24N8O6S.2C18H20ClN7O6S/c21-12-4-2-1-3-11(12)19(31)27-35(32,33)25-7-13-15(29)16(30)20(34-13)28-9-24-14-17(26-10-5-6-10)22-8-23-18(14)28;19-8-1-2-9(11(21)5-8)17(29)25-33(30,31)24-6-12-14(27)15(28)18(32-12)26-7-23-13-10(20)3-4-22-16(13)26;19-9-3-1-2-8(12(9)21)17(29)25-33(30,31)24-6-11-14(27)15(28)18(32-11)26-7-23-13-10(20)4-5-22-16(13)26/h1-4,8-10,13,15-16,20,25,29-30H,5-7,21H2,(H,27,31)(H,22,23,26);1-5,7,12,14-15,18,24,27-28H,6,21H2,(H2,20,22)(H,25,29);1-5,7,11,14-15,18,24,27-28H,6,21H2,(H2,20,22)(H,25,29)/t13-,15-,16-,20-;12-,14-,15-,18-;11-,14-,15-,18-/m111/s1. The maximum absolute atomic E-state index is 12.4. The Labute approximate surface area is 581 Å². The second kappa shape index (κ2) is 29.7. The third kappa shape index (κ3) is 16.2. The van der Waals surface area contributed by atoms with Gasteiger partial charge in [0.15, 0.2) is 47.0 Å². The molecule has 6 aromatic heterocycles. The number of ether oxygens (including phenoxy) is 3. The van der Waals surface area contributed by atoms with Crippen LogP contribution in [0.4, 0.5) is 34.3 Å². The van der Waals surface area contributed by atoms with Crippen LogP contribution in [0.2, 0.25) is 10.0 Å². The minimum atomic E-state index is -4.37. The fourth-order valence-corrected chi connectivity index (χ4v) is 13.4. The van der Waals surface area contributed by atoms with Gasteiger partial charge in [-0.2, -0.15) is 39.4 Å². The van der Waals surface area contributed by atoms with Gasteiger partial charge in [0.1, 0.15) is 72.3 Å².